The summed E-state index contributed by atoms with van der Waals surface area (Å²) in [5.41, 5.74) is 3.26. The van der Waals surface area contributed by atoms with Crippen LogP contribution in [0.2, 0.25) is 0 Å². The molecule has 2 rings (SSSR count). The molecule has 0 saturated heterocycles. The predicted molar refractivity (Wildman–Crippen MR) is 69.3 cm³/mol. The van der Waals surface area contributed by atoms with Gasteiger partial charge in [0.15, 0.2) is 0 Å². The van der Waals surface area contributed by atoms with Gasteiger partial charge in [0, 0.05) is 17.8 Å². The summed E-state index contributed by atoms with van der Waals surface area (Å²) in [6, 6.07) is 8.56. The molecule has 0 amide bonds. The first-order valence-electron chi connectivity index (χ1n) is 5.82. The van der Waals surface area contributed by atoms with Crippen molar-refractivity contribution in [2.45, 2.75) is 26.8 Å². The van der Waals surface area contributed by atoms with E-state index < -0.39 is 0 Å². The van der Waals surface area contributed by atoms with Gasteiger partial charge in [0.05, 0.1) is 12.8 Å². The molecule has 3 heteroatoms. The molecule has 0 fully saturated rings. The van der Waals surface area contributed by atoms with Gasteiger partial charge in [-0.05, 0) is 50.6 Å². The number of hydrogen-bond acceptors (Lipinski definition) is 2. The van der Waals surface area contributed by atoms with E-state index >= 15 is 0 Å². The quantitative estimate of drug-likeness (QED) is 0.807. The first-order chi connectivity index (χ1) is 8.11. The summed E-state index contributed by atoms with van der Waals surface area (Å²) in [4.78, 5) is 0. The van der Waals surface area contributed by atoms with Gasteiger partial charge in [-0.1, -0.05) is 0 Å². The Morgan fingerprint density at radius 3 is 2.53 bits per heavy atom. The van der Waals surface area contributed by atoms with E-state index in [-0.39, 0.29) is 0 Å². The first kappa shape index (κ1) is 11.7. The Kier molecular flexibility index (Phi) is 3.18. The molecule has 3 nitrogen and oxygen atoms in total. The second-order valence-corrected chi connectivity index (χ2v) is 4.46. The Bertz CT molecular complexity index is 515. The largest absolute Gasteiger partial charge is 0.496 e. The van der Waals surface area contributed by atoms with Gasteiger partial charge in [-0.3, -0.25) is 4.68 Å². The Hall–Kier alpha value is -1.77. The lowest BCUT2D eigenvalue weighted by Gasteiger charge is -2.06. The number of aryl methyl sites for hydroxylation is 1. The number of hydrogen-bond donors (Lipinski definition) is 0. The average molecular weight is 230 g/mol. The van der Waals surface area contributed by atoms with Crippen LogP contribution in [0.5, 0.6) is 5.75 Å². The molecule has 0 spiro atoms. The Morgan fingerprint density at radius 1 is 1.24 bits per heavy atom. The third-order valence-corrected chi connectivity index (χ3v) is 2.83. The highest BCUT2D eigenvalue weighted by Gasteiger charge is 2.06. The summed E-state index contributed by atoms with van der Waals surface area (Å²) < 4.78 is 7.22. The maximum Gasteiger partial charge on any atom is 0.121 e. The summed E-state index contributed by atoms with van der Waals surface area (Å²) in [6.45, 7) is 6.29. The van der Waals surface area contributed by atoms with Crippen molar-refractivity contribution in [3.05, 3.63) is 36.0 Å². The van der Waals surface area contributed by atoms with E-state index in [9.17, 15) is 0 Å². The summed E-state index contributed by atoms with van der Waals surface area (Å²) in [6.07, 6.45) is 2.01. The smallest absolute Gasteiger partial charge is 0.121 e. The molecule has 0 unspecified atom stereocenters. The summed E-state index contributed by atoms with van der Waals surface area (Å²) in [5.74, 6) is 0.914. The van der Waals surface area contributed by atoms with Crippen LogP contribution in [0, 0.1) is 6.92 Å². The molecule has 0 aliphatic heterocycles. The van der Waals surface area contributed by atoms with Crippen molar-refractivity contribution in [1.29, 1.82) is 0 Å². The van der Waals surface area contributed by atoms with Crippen LogP contribution in [-0.2, 0) is 0 Å². The Labute approximate surface area is 102 Å². The van der Waals surface area contributed by atoms with Crippen molar-refractivity contribution in [2.24, 2.45) is 0 Å². The number of aromatic nitrogens is 2. The van der Waals surface area contributed by atoms with Gasteiger partial charge in [-0.2, -0.15) is 5.10 Å². The van der Waals surface area contributed by atoms with E-state index in [1.807, 2.05) is 36.0 Å². The van der Waals surface area contributed by atoms with Gasteiger partial charge in [-0.15, -0.1) is 0 Å². The minimum atomic E-state index is 0.392. The summed E-state index contributed by atoms with van der Waals surface area (Å²) in [7, 11) is 1.69. The molecule has 0 N–H and O–H groups in total. The van der Waals surface area contributed by atoms with Gasteiger partial charge in [0.25, 0.3) is 0 Å². The maximum atomic E-state index is 5.25. The topological polar surface area (TPSA) is 27.1 Å². The monoisotopic (exact) mass is 230 g/mol. The molecule has 2 aromatic rings. The fourth-order valence-electron chi connectivity index (χ4n) is 1.82. The Balaban J connectivity index is 2.36. The van der Waals surface area contributed by atoms with Crippen LogP contribution in [0.1, 0.15) is 25.5 Å². The van der Waals surface area contributed by atoms with Crippen LogP contribution in [0.4, 0.5) is 0 Å². The van der Waals surface area contributed by atoms with Gasteiger partial charge in [0.1, 0.15) is 5.75 Å². The molecule has 90 valence electrons. The number of methoxy groups -OCH3 is 1. The number of nitrogens with zero attached hydrogens (tertiary/aromatic N) is 2. The normalized spacial score (nSPS) is 10.9. The van der Waals surface area contributed by atoms with Crippen LogP contribution < -0.4 is 4.74 Å². The van der Waals surface area contributed by atoms with Crippen LogP contribution in [0.15, 0.2) is 30.5 Å². The minimum absolute atomic E-state index is 0.392. The lowest BCUT2D eigenvalue weighted by molar-refractivity contribution is 0.412. The van der Waals surface area contributed by atoms with Crippen LogP contribution in [0.3, 0.4) is 0 Å². The fraction of sp³-hybridized carbons (Fsp3) is 0.357. The molecule has 1 aromatic carbocycles. The van der Waals surface area contributed by atoms with Crippen molar-refractivity contribution in [2.75, 3.05) is 7.11 Å². The van der Waals surface area contributed by atoms with Crippen molar-refractivity contribution >= 4 is 0 Å². The highest BCUT2D eigenvalue weighted by molar-refractivity contribution is 5.61. The zero-order valence-corrected chi connectivity index (χ0v) is 10.8. The average Bonchev–Trinajstić information content (AvgIpc) is 2.78. The minimum Gasteiger partial charge on any atom is -0.496 e. The lowest BCUT2D eigenvalue weighted by Crippen LogP contribution is -2.00. The van der Waals surface area contributed by atoms with Crippen molar-refractivity contribution in [3.63, 3.8) is 0 Å². The van der Waals surface area contributed by atoms with Crippen molar-refractivity contribution in [3.8, 4) is 17.0 Å². The number of rotatable bonds is 3. The SMILES string of the molecule is COc1ccc(-c2ccn(C(C)C)n2)cc1C. The standard InChI is InChI=1S/C14H18N2O/c1-10(2)16-8-7-13(15-16)12-5-6-14(17-4)11(3)9-12/h5-10H,1-4H3. The molecule has 0 saturated carbocycles. The van der Waals surface area contributed by atoms with E-state index in [2.05, 4.69) is 25.0 Å². The molecule has 0 atom stereocenters. The summed E-state index contributed by atoms with van der Waals surface area (Å²) >= 11 is 0. The number of ether oxygens (including phenoxy) is 1. The third kappa shape index (κ3) is 2.33. The third-order valence-electron chi connectivity index (χ3n) is 2.83. The van der Waals surface area contributed by atoms with Crippen molar-refractivity contribution < 1.29 is 4.74 Å². The molecular formula is C14H18N2O. The molecule has 0 aliphatic rings. The van der Waals surface area contributed by atoms with E-state index in [4.69, 9.17) is 4.74 Å². The zero-order chi connectivity index (χ0) is 12.4. The molecular weight excluding hydrogens is 212 g/mol. The van der Waals surface area contributed by atoms with E-state index in [1.54, 1.807) is 7.11 Å². The lowest BCUT2D eigenvalue weighted by atomic mass is 10.1. The van der Waals surface area contributed by atoms with Crippen LogP contribution >= 0.6 is 0 Å². The van der Waals surface area contributed by atoms with Gasteiger partial charge < -0.3 is 4.74 Å². The molecule has 0 radical (unpaired) electrons. The number of benzene rings is 1. The fourth-order valence-corrected chi connectivity index (χ4v) is 1.82. The second-order valence-electron chi connectivity index (χ2n) is 4.46. The highest BCUT2D eigenvalue weighted by Crippen LogP contribution is 2.25. The van der Waals surface area contributed by atoms with Gasteiger partial charge in [0.2, 0.25) is 0 Å². The van der Waals surface area contributed by atoms with Gasteiger partial charge >= 0.3 is 0 Å². The summed E-state index contributed by atoms with van der Waals surface area (Å²) in [5, 5.41) is 4.55. The van der Waals surface area contributed by atoms with Crippen molar-refractivity contribution in [1.82, 2.24) is 9.78 Å². The van der Waals surface area contributed by atoms with E-state index in [1.165, 1.54) is 0 Å². The molecule has 0 aliphatic carbocycles. The van der Waals surface area contributed by atoms with E-state index in [0.29, 0.717) is 6.04 Å². The van der Waals surface area contributed by atoms with Crippen LogP contribution in [-0.4, -0.2) is 16.9 Å². The predicted octanol–water partition coefficient (Wildman–Crippen LogP) is 3.45. The first-order valence-corrected chi connectivity index (χ1v) is 5.82. The van der Waals surface area contributed by atoms with Gasteiger partial charge in [-0.25, -0.2) is 0 Å². The molecule has 1 aromatic heterocycles. The zero-order valence-electron chi connectivity index (χ0n) is 10.8. The molecule has 0 bridgehead atoms. The van der Waals surface area contributed by atoms with E-state index in [0.717, 1.165) is 22.6 Å². The molecule has 17 heavy (non-hydrogen) atoms. The maximum absolute atomic E-state index is 5.25. The molecule has 1 heterocycles. The highest BCUT2D eigenvalue weighted by atomic mass is 16.5. The Morgan fingerprint density at radius 2 is 2.00 bits per heavy atom. The second kappa shape index (κ2) is 4.62. The van der Waals surface area contributed by atoms with Crippen LogP contribution in [0.25, 0.3) is 11.3 Å².